The van der Waals surface area contributed by atoms with Crippen LogP contribution in [0.1, 0.15) is 33.0 Å². The van der Waals surface area contributed by atoms with Crippen molar-refractivity contribution in [1.82, 2.24) is 14.5 Å². The summed E-state index contributed by atoms with van der Waals surface area (Å²) in [5.41, 5.74) is -0.214. The lowest BCUT2D eigenvalue weighted by molar-refractivity contribution is -0.0720. The maximum absolute atomic E-state index is 10.8. The molecule has 0 radical (unpaired) electrons. The fourth-order valence-corrected chi connectivity index (χ4v) is 2.95. The molecular formula is C15H27N3O2. The van der Waals surface area contributed by atoms with Crippen LogP contribution in [0, 0.1) is 0 Å². The monoisotopic (exact) mass is 281 g/mol. The number of hydrogen-bond donors (Lipinski definition) is 1. The van der Waals surface area contributed by atoms with Crippen molar-refractivity contribution >= 4 is 0 Å². The van der Waals surface area contributed by atoms with Crippen molar-refractivity contribution in [2.45, 2.75) is 51.8 Å². The third-order valence-corrected chi connectivity index (χ3v) is 4.69. The summed E-state index contributed by atoms with van der Waals surface area (Å²) in [5, 5.41) is 10.8. The van der Waals surface area contributed by atoms with E-state index in [-0.39, 0.29) is 5.54 Å². The van der Waals surface area contributed by atoms with Gasteiger partial charge in [0.2, 0.25) is 0 Å². The number of hydrogen-bond acceptors (Lipinski definition) is 4. The Morgan fingerprint density at radius 1 is 1.40 bits per heavy atom. The quantitative estimate of drug-likeness (QED) is 0.854. The zero-order chi connectivity index (χ0) is 14.6. The average molecular weight is 281 g/mol. The van der Waals surface area contributed by atoms with Crippen molar-refractivity contribution in [3.8, 4) is 0 Å². The van der Waals surface area contributed by atoms with E-state index in [9.17, 15) is 5.11 Å². The number of aromatic nitrogens is 2. The zero-order valence-electron chi connectivity index (χ0n) is 12.9. The lowest BCUT2D eigenvalue weighted by Gasteiger charge is -2.45. The lowest BCUT2D eigenvalue weighted by atomic mass is 9.87. The Balaban J connectivity index is 2.09. The van der Waals surface area contributed by atoms with Gasteiger partial charge in [-0.05, 0) is 20.3 Å². The maximum atomic E-state index is 10.8. The van der Waals surface area contributed by atoms with E-state index in [0.717, 1.165) is 45.1 Å². The number of nitrogens with zero attached hydrogens (tertiary/aromatic N) is 3. The first-order chi connectivity index (χ1) is 9.61. The number of morpholine rings is 1. The Labute approximate surface area is 121 Å². The van der Waals surface area contributed by atoms with Gasteiger partial charge in [-0.2, -0.15) is 0 Å². The third-order valence-electron chi connectivity index (χ3n) is 4.69. The van der Waals surface area contributed by atoms with E-state index < -0.39 is 6.10 Å². The van der Waals surface area contributed by atoms with Gasteiger partial charge in [0.25, 0.3) is 0 Å². The highest BCUT2D eigenvalue weighted by molar-refractivity contribution is 5.01. The average Bonchev–Trinajstić information content (AvgIpc) is 2.94. The van der Waals surface area contributed by atoms with Gasteiger partial charge in [-0.1, -0.05) is 6.92 Å². The van der Waals surface area contributed by atoms with E-state index >= 15 is 0 Å². The molecule has 114 valence electrons. The second-order valence-corrected chi connectivity index (χ2v) is 5.66. The first kappa shape index (κ1) is 15.5. The van der Waals surface area contributed by atoms with Gasteiger partial charge in [-0.25, -0.2) is 4.98 Å². The second-order valence-electron chi connectivity index (χ2n) is 5.66. The molecule has 0 amide bonds. The Kier molecular flexibility index (Phi) is 5.18. The molecule has 2 rings (SSSR count). The van der Waals surface area contributed by atoms with Crippen LogP contribution in [-0.2, 0) is 17.7 Å². The molecule has 0 saturated carbocycles. The Bertz CT molecular complexity index is 415. The summed E-state index contributed by atoms with van der Waals surface area (Å²) in [4.78, 5) is 6.74. The summed E-state index contributed by atoms with van der Waals surface area (Å²) < 4.78 is 7.52. The van der Waals surface area contributed by atoms with E-state index in [1.807, 2.05) is 12.4 Å². The number of imidazole rings is 1. The van der Waals surface area contributed by atoms with Crippen LogP contribution >= 0.6 is 0 Å². The molecule has 1 aromatic rings. The predicted octanol–water partition coefficient (Wildman–Crippen LogP) is 1.31. The van der Waals surface area contributed by atoms with Gasteiger partial charge in [0, 0.05) is 44.0 Å². The normalized spacial score (nSPS) is 21.6. The van der Waals surface area contributed by atoms with Gasteiger partial charge in [0.1, 0.15) is 5.82 Å². The number of aliphatic hydroxyl groups excluding tert-OH is 1. The van der Waals surface area contributed by atoms with Gasteiger partial charge in [-0.3, -0.25) is 4.90 Å². The van der Waals surface area contributed by atoms with Crippen LogP contribution in [0.15, 0.2) is 12.4 Å². The molecule has 0 aliphatic carbocycles. The standard InChI is InChI=1S/C15H27N3O2/c1-4-15(3,18-8-10-20-11-9-18)13(19)12-14-16-6-7-17(14)5-2/h6-7,13,19H,4-5,8-12H2,1-3H3. The second kappa shape index (κ2) is 6.70. The molecular weight excluding hydrogens is 254 g/mol. The fraction of sp³-hybridized carbons (Fsp3) is 0.800. The SMILES string of the molecule is CCn1ccnc1CC(O)C(C)(CC)N1CCOCC1. The minimum atomic E-state index is -0.418. The maximum Gasteiger partial charge on any atom is 0.111 e. The number of rotatable bonds is 6. The summed E-state index contributed by atoms with van der Waals surface area (Å²) in [6.07, 6.45) is 4.88. The van der Waals surface area contributed by atoms with Gasteiger partial charge >= 0.3 is 0 Å². The first-order valence-electron chi connectivity index (χ1n) is 7.62. The van der Waals surface area contributed by atoms with Crippen LogP contribution in [0.25, 0.3) is 0 Å². The Morgan fingerprint density at radius 3 is 2.70 bits per heavy atom. The van der Waals surface area contributed by atoms with Crippen molar-refractivity contribution in [2.75, 3.05) is 26.3 Å². The van der Waals surface area contributed by atoms with E-state index in [0.29, 0.717) is 6.42 Å². The molecule has 0 bridgehead atoms. The minimum Gasteiger partial charge on any atom is -0.391 e. The summed E-state index contributed by atoms with van der Waals surface area (Å²) in [6.45, 7) is 10.6. The summed E-state index contributed by atoms with van der Waals surface area (Å²) in [7, 11) is 0. The van der Waals surface area contributed by atoms with Crippen molar-refractivity contribution in [3.05, 3.63) is 18.2 Å². The molecule has 1 fully saturated rings. The Morgan fingerprint density at radius 2 is 2.10 bits per heavy atom. The number of ether oxygens (including phenoxy) is 1. The predicted molar refractivity (Wildman–Crippen MR) is 78.7 cm³/mol. The van der Waals surface area contributed by atoms with Crippen LogP contribution < -0.4 is 0 Å². The molecule has 5 heteroatoms. The summed E-state index contributed by atoms with van der Waals surface area (Å²) in [6, 6.07) is 0. The van der Waals surface area contributed by atoms with Crippen LogP contribution in [0.5, 0.6) is 0 Å². The molecule has 1 saturated heterocycles. The molecule has 2 heterocycles. The smallest absolute Gasteiger partial charge is 0.111 e. The molecule has 1 aliphatic rings. The molecule has 2 atom stereocenters. The van der Waals surface area contributed by atoms with Crippen LogP contribution in [0.2, 0.25) is 0 Å². The lowest BCUT2D eigenvalue weighted by Crippen LogP contribution is -2.58. The Hall–Kier alpha value is -0.910. The first-order valence-corrected chi connectivity index (χ1v) is 7.62. The van der Waals surface area contributed by atoms with Crippen LogP contribution in [0.3, 0.4) is 0 Å². The fourth-order valence-electron chi connectivity index (χ4n) is 2.95. The molecule has 1 aromatic heterocycles. The van der Waals surface area contributed by atoms with E-state index in [4.69, 9.17) is 4.74 Å². The van der Waals surface area contributed by atoms with E-state index in [1.54, 1.807) is 0 Å². The summed E-state index contributed by atoms with van der Waals surface area (Å²) in [5.74, 6) is 0.966. The van der Waals surface area contributed by atoms with Gasteiger partial charge in [-0.15, -0.1) is 0 Å². The van der Waals surface area contributed by atoms with Gasteiger partial charge in [0.05, 0.1) is 19.3 Å². The number of aryl methyl sites for hydroxylation is 1. The molecule has 0 aromatic carbocycles. The van der Waals surface area contributed by atoms with E-state index in [2.05, 4.69) is 35.2 Å². The highest BCUT2D eigenvalue weighted by Gasteiger charge is 2.38. The van der Waals surface area contributed by atoms with Crippen molar-refractivity contribution in [1.29, 1.82) is 0 Å². The van der Waals surface area contributed by atoms with Crippen molar-refractivity contribution < 1.29 is 9.84 Å². The molecule has 1 aliphatic heterocycles. The number of aliphatic hydroxyl groups is 1. The van der Waals surface area contributed by atoms with Crippen LogP contribution in [0.4, 0.5) is 0 Å². The van der Waals surface area contributed by atoms with Gasteiger partial charge < -0.3 is 14.4 Å². The topological polar surface area (TPSA) is 50.5 Å². The molecule has 20 heavy (non-hydrogen) atoms. The van der Waals surface area contributed by atoms with E-state index in [1.165, 1.54) is 0 Å². The third kappa shape index (κ3) is 3.05. The molecule has 0 spiro atoms. The largest absolute Gasteiger partial charge is 0.391 e. The van der Waals surface area contributed by atoms with Crippen molar-refractivity contribution in [2.24, 2.45) is 0 Å². The van der Waals surface area contributed by atoms with Crippen LogP contribution in [-0.4, -0.2) is 57.5 Å². The van der Waals surface area contributed by atoms with Gasteiger partial charge in [0.15, 0.2) is 0 Å². The molecule has 2 unspecified atom stereocenters. The van der Waals surface area contributed by atoms with Crippen molar-refractivity contribution in [3.63, 3.8) is 0 Å². The molecule has 5 nitrogen and oxygen atoms in total. The minimum absolute atomic E-state index is 0.214. The summed E-state index contributed by atoms with van der Waals surface area (Å²) >= 11 is 0. The highest BCUT2D eigenvalue weighted by atomic mass is 16.5. The zero-order valence-corrected chi connectivity index (χ0v) is 12.9. The molecule has 1 N–H and O–H groups in total. The highest BCUT2D eigenvalue weighted by Crippen LogP contribution is 2.26.